The Morgan fingerprint density at radius 1 is 1.30 bits per heavy atom. The van der Waals surface area contributed by atoms with Gasteiger partial charge in [-0.3, -0.25) is 9.20 Å². The van der Waals surface area contributed by atoms with Crippen molar-refractivity contribution >= 4 is 34.8 Å². The molecule has 1 aliphatic rings. The van der Waals surface area contributed by atoms with Crippen LogP contribution >= 0.6 is 11.6 Å². The Morgan fingerprint density at radius 3 is 2.96 bits per heavy atom. The third-order valence-electron chi connectivity index (χ3n) is 4.87. The van der Waals surface area contributed by atoms with Gasteiger partial charge in [0.05, 0.1) is 10.9 Å². The highest BCUT2D eigenvalue weighted by atomic mass is 35.5. The van der Waals surface area contributed by atoms with E-state index in [0.717, 1.165) is 19.4 Å². The molecule has 0 aliphatic carbocycles. The fourth-order valence-corrected chi connectivity index (χ4v) is 3.60. The molecule has 27 heavy (non-hydrogen) atoms. The SMILES string of the molecule is Cc1cc(F)ccc1NC(=O)[C@H]1CCCN(c2nnc3ccc(Cl)cn23)C1. The number of piperidine rings is 1. The monoisotopic (exact) mass is 387 g/mol. The van der Waals surface area contributed by atoms with Crippen molar-refractivity contribution < 1.29 is 9.18 Å². The van der Waals surface area contributed by atoms with E-state index in [1.807, 2.05) is 10.5 Å². The van der Waals surface area contributed by atoms with E-state index >= 15 is 0 Å². The first-order valence-electron chi connectivity index (χ1n) is 8.83. The lowest BCUT2D eigenvalue weighted by Gasteiger charge is -2.32. The number of carbonyl (C=O) groups excluding carboxylic acids is 1. The fraction of sp³-hybridized carbons (Fsp3) is 0.316. The molecule has 0 radical (unpaired) electrons. The highest BCUT2D eigenvalue weighted by Gasteiger charge is 2.28. The van der Waals surface area contributed by atoms with Crippen LogP contribution in [-0.4, -0.2) is 33.6 Å². The lowest BCUT2D eigenvalue weighted by atomic mass is 9.97. The van der Waals surface area contributed by atoms with Gasteiger partial charge in [0.15, 0.2) is 5.65 Å². The van der Waals surface area contributed by atoms with Gasteiger partial charge in [0.2, 0.25) is 11.9 Å². The van der Waals surface area contributed by atoms with E-state index in [-0.39, 0.29) is 17.6 Å². The first-order chi connectivity index (χ1) is 13.0. The number of pyridine rings is 1. The Hall–Kier alpha value is -2.67. The second-order valence-electron chi connectivity index (χ2n) is 6.81. The molecule has 0 spiro atoms. The number of aromatic nitrogens is 3. The Kier molecular flexibility index (Phi) is 4.70. The van der Waals surface area contributed by atoms with E-state index in [0.29, 0.717) is 34.4 Å². The third kappa shape index (κ3) is 3.60. The molecule has 1 amide bonds. The number of nitrogens with one attached hydrogen (secondary N) is 1. The van der Waals surface area contributed by atoms with E-state index in [2.05, 4.69) is 20.4 Å². The summed E-state index contributed by atoms with van der Waals surface area (Å²) in [6.07, 6.45) is 3.44. The molecule has 1 atom stereocenters. The van der Waals surface area contributed by atoms with E-state index in [1.54, 1.807) is 25.3 Å². The van der Waals surface area contributed by atoms with Crippen LogP contribution in [0.15, 0.2) is 36.5 Å². The molecule has 3 aromatic rings. The topological polar surface area (TPSA) is 62.5 Å². The van der Waals surface area contributed by atoms with Crippen molar-refractivity contribution in [3.63, 3.8) is 0 Å². The van der Waals surface area contributed by atoms with Gasteiger partial charge in [-0.2, -0.15) is 0 Å². The predicted molar refractivity (Wildman–Crippen MR) is 103 cm³/mol. The molecule has 1 saturated heterocycles. The number of nitrogens with zero attached hydrogens (tertiary/aromatic N) is 4. The number of aryl methyl sites for hydroxylation is 1. The molecule has 2 aromatic heterocycles. The summed E-state index contributed by atoms with van der Waals surface area (Å²) >= 11 is 6.10. The van der Waals surface area contributed by atoms with E-state index < -0.39 is 0 Å². The Morgan fingerprint density at radius 2 is 2.15 bits per heavy atom. The molecule has 0 unspecified atom stereocenters. The lowest BCUT2D eigenvalue weighted by molar-refractivity contribution is -0.120. The number of benzene rings is 1. The average molecular weight is 388 g/mol. The van der Waals surface area contributed by atoms with Crippen LogP contribution in [0, 0.1) is 18.7 Å². The molecule has 1 N–H and O–H groups in total. The van der Waals surface area contributed by atoms with Crippen molar-refractivity contribution in [3.8, 4) is 0 Å². The van der Waals surface area contributed by atoms with Gasteiger partial charge in [0.25, 0.3) is 0 Å². The van der Waals surface area contributed by atoms with Gasteiger partial charge in [0.1, 0.15) is 5.82 Å². The van der Waals surface area contributed by atoms with Crippen LogP contribution in [0.25, 0.3) is 5.65 Å². The highest BCUT2D eigenvalue weighted by Crippen LogP contribution is 2.25. The summed E-state index contributed by atoms with van der Waals surface area (Å²) in [6, 6.07) is 7.94. The van der Waals surface area contributed by atoms with Crippen molar-refractivity contribution in [1.82, 2.24) is 14.6 Å². The van der Waals surface area contributed by atoms with Crippen LogP contribution in [0.5, 0.6) is 0 Å². The number of amides is 1. The minimum Gasteiger partial charge on any atom is -0.340 e. The predicted octanol–water partition coefficient (Wildman–Crippen LogP) is 3.69. The Bertz CT molecular complexity index is 1000. The molecular weight excluding hydrogens is 369 g/mol. The largest absolute Gasteiger partial charge is 0.340 e. The molecule has 140 valence electrons. The molecule has 1 aromatic carbocycles. The summed E-state index contributed by atoms with van der Waals surface area (Å²) in [5, 5.41) is 12.0. The summed E-state index contributed by atoms with van der Waals surface area (Å²) in [4.78, 5) is 14.8. The van der Waals surface area contributed by atoms with Gasteiger partial charge < -0.3 is 10.2 Å². The number of hydrogen-bond donors (Lipinski definition) is 1. The summed E-state index contributed by atoms with van der Waals surface area (Å²) < 4.78 is 15.1. The zero-order valence-electron chi connectivity index (χ0n) is 14.8. The zero-order chi connectivity index (χ0) is 19.0. The van der Waals surface area contributed by atoms with Crippen LogP contribution in [0.1, 0.15) is 18.4 Å². The van der Waals surface area contributed by atoms with Crippen LogP contribution in [0.3, 0.4) is 0 Å². The molecule has 3 heterocycles. The van der Waals surface area contributed by atoms with Crippen LogP contribution in [-0.2, 0) is 4.79 Å². The highest BCUT2D eigenvalue weighted by molar-refractivity contribution is 6.30. The first-order valence-corrected chi connectivity index (χ1v) is 9.21. The molecule has 6 nitrogen and oxygen atoms in total. The number of fused-ring (bicyclic) bond motifs is 1. The number of halogens is 2. The summed E-state index contributed by atoms with van der Waals surface area (Å²) in [7, 11) is 0. The molecule has 1 aliphatic heterocycles. The molecular formula is C19H19ClFN5O. The quantitative estimate of drug-likeness (QED) is 0.744. The van der Waals surface area contributed by atoms with Crippen molar-refractivity contribution in [2.45, 2.75) is 19.8 Å². The van der Waals surface area contributed by atoms with E-state index in [4.69, 9.17) is 11.6 Å². The maximum atomic E-state index is 13.3. The number of hydrogen-bond acceptors (Lipinski definition) is 4. The summed E-state index contributed by atoms with van der Waals surface area (Å²) in [5.74, 6) is 0.116. The number of anilines is 2. The second kappa shape index (κ2) is 7.15. The Labute approximate surface area is 161 Å². The maximum Gasteiger partial charge on any atom is 0.231 e. The van der Waals surface area contributed by atoms with E-state index in [9.17, 15) is 9.18 Å². The average Bonchev–Trinajstić information content (AvgIpc) is 3.07. The normalized spacial score (nSPS) is 17.3. The van der Waals surface area contributed by atoms with Crippen molar-refractivity contribution in [1.29, 1.82) is 0 Å². The zero-order valence-corrected chi connectivity index (χ0v) is 15.6. The maximum absolute atomic E-state index is 13.3. The molecule has 0 saturated carbocycles. The van der Waals surface area contributed by atoms with Crippen molar-refractivity contribution in [2.75, 3.05) is 23.3 Å². The van der Waals surface area contributed by atoms with Crippen molar-refractivity contribution in [2.24, 2.45) is 5.92 Å². The van der Waals surface area contributed by atoms with E-state index in [1.165, 1.54) is 12.1 Å². The van der Waals surface area contributed by atoms with Gasteiger partial charge >= 0.3 is 0 Å². The summed E-state index contributed by atoms with van der Waals surface area (Å²) in [5.41, 5.74) is 2.05. The van der Waals surface area contributed by atoms with Crippen LogP contribution in [0.2, 0.25) is 5.02 Å². The second-order valence-corrected chi connectivity index (χ2v) is 7.25. The first kappa shape index (κ1) is 17.7. The molecule has 0 bridgehead atoms. The van der Waals surface area contributed by atoms with Gasteiger partial charge in [-0.15, -0.1) is 10.2 Å². The van der Waals surface area contributed by atoms with Crippen LogP contribution < -0.4 is 10.2 Å². The number of rotatable bonds is 3. The molecule has 1 fully saturated rings. The smallest absolute Gasteiger partial charge is 0.231 e. The molecule has 4 rings (SSSR count). The Balaban J connectivity index is 1.52. The van der Waals surface area contributed by atoms with Crippen LogP contribution in [0.4, 0.5) is 16.0 Å². The minimum atomic E-state index is -0.313. The van der Waals surface area contributed by atoms with Gasteiger partial charge in [-0.1, -0.05) is 11.6 Å². The van der Waals surface area contributed by atoms with Gasteiger partial charge in [-0.05, 0) is 55.7 Å². The third-order valence-corrected chi connectivity index (χ3v) is 5.09. The summed E-state index contributed by atoms with van der Waals surface area (Å²) in [6.45, 7) is 3.12. The minimum absolute atomic E-state index is 0.0683. The van der Waals surface area contributed by atoms with Crippen molar-refractivity contribution in [3.05, 3.63) is 52.9 Å². The standard InChI is InChI=1S/C19H19ClFN5O/c1-12-9-15(21)5-6-16(12)22-18(27)13-3-2-8-25(10-13)19-24-23-17-7-4-14(20)11-26(17)19/h4-7,9,11,13H,2-3,8,10H2,1H3,(H,22,27)/t13-/m0/s1. The van der Waals surface area contributed by atoms with Gasteiger partial charge in [-0.25, -0.2) is 4.39 Å². The molecule has 8 heteroatoms. The lowest BCUT2D eigenvalue weighted by Crippen LogP contribution is -2.41. The fourth-order valence-electron chi connectivity index (χ4n) is 3.44. The van der Waals surface area contributed by atoms with Gasteiger partial charge in [0, 0.05) is 25.0 Å². The number of carbonyl (C=O) groups is 1.